The fourth-order valence-corrected chi connectivity index (χ4v) is 3.18. The van der Waals surface area contributed by atoms with Gasteiger partial charge in [-0.25, -0.2) is 9.97 Å². The highest BCUT2D eigenvalue weighted by molar-refractivity contribution is 7.17. The Bertz CT molecular complexity index is 699. The first-order chi connectivity index (χ1) is 10.3. The van der Waals surface area contributed by atoms with Gasteiger partial charge in [-0.3, -0.25) is 0 Å². The van der Waals surface area contributed by atoms with E-state index in [1.165, 1.54) is 0 Å². The Morgan fingerprint density at radius 1 is 1.29 bits per heavy atom. The topological polar surface area (TPSA) is 38.2 Å². The largest absolute Gasteiger partial charge is 0.378 e. The van der Waals surface area contributed by atoms with E-state index in [2.05, 4.69) is 28.4 Å². The number of ether oxygens (including phenoxy) is 1. The van der Waals surface area contributed by atoms with Crippen molar-refractivity contribution < 1.29 is 4.74 Å². The molecule has 2 aromatic rings. The summed E-state index contributed by atoms with van der Waals surface area (Å²) in [5.74, 6) is 1.68. The zero-order valence-corrected chi connectivity index (χ0v) is 12.6. The number of nitrogens with zero attached hydrogens (tertiary/aromatic N) is 3. The lowest BCUT2D eigenvalue weighted by Crippen LogP contribution is -2.37. The molecule has 1 fully saturated rings. The summed E-state index contributed by atoms with van der Waals surface area (Å²) in [6.45, 7) is 10.8. The van der Waals surface area contributed by atoms with Gasteiger partial charge in [-0.2, -0.15) is 0 Å². The van der Waals surface area contributed by atoms with Crippen molar-refractivity contribution in [2.24, 2.45) is 0 Å². The lowest BCUT2D eigenvalue weighted by Gasteiger charge is -2.28. The van der Waals surface area contributed by atoms with Crippen LogP contribution in [0.5, 0.6) is 0 Å². The molecule has 0 spiro atoms. The first-order valence-corrected chi connectivity index (χ1v) is 7.75. The number of hydrogen-bond donors (Lipinski definition) is 0. The summed E-state index contributed by atoms with van der Waals surface area (Å²) in [6.07, 6.45) is 5.37. The van der Waals surface area contributed by atoms with E-state index in [1.807, 2.05) is 12.1 Å². The molecule has 0 aliphatic carbocycles. The maximum absolute atomic E-state index is 5.43. The van der Waals surface area contributed by atoms with Crippen molar-refractivity contribution in [3.05, 3.63) is 48.7 Å². The molecule has 0 radical (unpaired) electrons. The first-order valence-electron chi connectivity index (χ1n) is 6.87. The average Bonchev–Trinajstić information content (AvgIpc) is 3.01. The molecule has 4 nitrogen and oxygen atoms in total. The maximum Gasteiger partial charge on any atom is 0.162 e. The van der Waals surface area contributed by atoms with Gasteiger partial charge in [0, 0.05) is 18.7 Å². The van der Waals surface area contributed by atoms with Crippen LogP contribution in [0, 0.1) is 0 Å². The molecule has 0 N–H and O–H groups in total. The highest BCUT2D eigenvalue weighted by Gasteiger charge is 2.18. The van der Waals surface area contributed by atoms with Crippen LogP contribution in [0.15, 0.2) is 42.8 Å². The molecular formula is C16H17N3OS. The van der Waals surface area contributed by atoms with Crippen LogP contribution in [0.2, 0.25) is 0 Å². The summed E-state index contributed by atoms with van der Waals surface area (Å²) < 4.78 is 6.56. The third-order valence-corrected chi connectivity index (χ3v) is 4.27. The smallest absolute Gasteiger partial charge is 0.162 e. The van der Waals surface area contributed by atoms with Crippen molar-refractivity contribution in [2.75, 3.05) is 31.2 Å². The van der Waals surface area contributed by atoms with Crippen LogP contribution in [0.1, 0.15) is 5.82 Å². The van der Waals surface area contributed by atoms with Crippen LogP contribution in [0.25, 0.3) is 15.8 Å². The normalized spacial score (nSPS) is 16.2. The minimum absolute atomic E-state index is 0.692. The zero-order valence-electron chi connectivity index (χ0n) is 11.8. The molecule has 0 atom stereocenters. The Kier molecular flexibility index (Phi) is 4.13. The molecule has 0 bridgehead atoms. The minimum Gasteiger partial charge on any atom is -0.378 e. The molecule has 1 saturated heterocycles. The van der Waals surface area contributed by atoms with Crippen LogP contribution in [-0.4, -0.2) is 36.3 Å². The number of thiophene rings is 1. The maximum atomic E-state index is 5.43. The van der Waals surface area contributed by atoms with Crippen molar-refractivity contribution in [1.29, 1.82) is 0 Å². The van der Waals surface area contributed by atoms with Gasteiger partial charge in [0.1, 0.15) is 0 Å². The molecule has 0 saturated carbocycles. The number of morpholine rings is 1. The summed E-state index contributed by atoms with van der Waals surface area (Å²) in [5, 5.41) is 2.05. The molecule has 0 amide bonds. The highest BCUT2D eigenvalue weighted by Crippen LogP contribution is 2.30. The van der Waals surface area contributed by atoms with E-state index in [-0.39, 0.29) is 0 Å². The molecule has 21 heavy (non-hydrogen) atoms. The van der Waals surface area contributed by atoms with Crippen molar-refractivity contribution in [3.8, 4) is 0 Å². The Morgan fingerprint density at radius 3 is 2.81 bits per heavy atom. The van der Waals surface area contributed by atoms with E-state index in [1.54, 1.807) is 23.5 Å². The molecule has 1 aliphatic heterocycles. The van der Waals surface area contributed by atoms with Crippen molar-refractivity contribution in [3.63, 3.8) is 0 Å². The van der Waals surface area contributed by atoms with Crippen LogP contribution < -0.4 is 4.90 Å². The molecule has 2 aromatic heterocycles. The van der Waals surface area contributed by atoms with E-state index < -0.39 is 0 Å². The second-order valence-electron chi connectivity index (χ2n) is 4.67. The van der Waals surface area contributed by atoms with E-state index in [0.717, 1.165) is 47.9 Å². The average molecular weight is 299 g/mol. The Hall–Kier alpha value is -1.98. The third-order valence-electron chi connectivity index (χ3n) is 3.37. The van der Waals surface area contributed by atoms with Gasteiger partial charge >= 0.3 is 0 Å². The standard InChI is InChI=1S/C16H17N3OS/c1-3-5-12(4-2)15-17-13-6-11-21-14(13)16(18-15)19-7-9-20-10-8-19/h3-6,11H,1-2,7-10H2/b12-5+. The predicted octanol–water partition coefficient (Wildman–Crippen LogP) is 3.28. The number of rotatable bonds is 4. The van der Waals surface area contributed by atoms with E-state index in [9.17, 15) is 0 Å². The van der Waals surface area contributed by atoms with E-state index >= 15 is 0 Å². The minimum atomic E-state index is 0.692. The molecule has 5 heteroatoms. The first kappa shape index (κ1) is 14.0. The number of anilines is 1. The van der Waals surface area contributed by atoms with Crippen LogP contribution in [0.4, 0.5) is 5.82 Å². The van der Waals surface area contributed by atoms with Crippen molar-refractivity contribution >= 4 is 32.9 Å². The number of allylic oxidation sites excluding steroid dienone is 4. The van der Waals surface area contributed by atoms with Crippen LogP contribution >= 0.6 is 11.3 Å². The molecule has 3 heterocycles. The monoisotopic (exact) mass is 299 g/mol. The lowest BCUT2D eigenvalue weighted by molar-refractivity contribution is 0.122. The summed E-state index contributed by atoms with van der Waals surface area (Å²) >= 11 is 1.68. The second kappa shape index (κ2) is 6.20. The lowest BCUT2D eigenvalue weighted by atomic mass is 10.2. The van der Waals surface area contributed by atoms with E-state index in [0.29, 0.717) is 5.82 Å². The Morgan fingerprint density at radius 2 is 2.10 bits per heavy atom. The van der Waals surface area contributed by atoms with Gasteiger partial charge in [-0.1, -0.05) is 31.4 Å². The fourth-order valence-electron chi connectivity index (χ4n) is 2.33. The summed E-state index contributed by atoms with van der Waals surface area (Å²) in [6, 6.07) is 2.03. The molecule has 1 aliphatic rings. The van der Waals surface area contributed by atoms with Gasteiger partial charge < -0.3 is 9.64 Å². The van der Waals surface area contributed by atoms with Gasteiger partial charge in [0.25, 0.3) is 0 Å². The van der Waals surface area contributed by atoms with Crippen molar-refractivity contribution in [2.45, 2.75) is 0 Å². The quantitative estimate of drug-likeness (QED) is 0.812. The van der Waals surface area contributed by atoms with Gasteiger partial charge in [0.2, 0.25) is 0 Å². The SMILES string of the molecule is C=C/C=C(\C=C)c1nc(N2CCOCC2)c2sccc2n1. The van der Waals surface area contributed by atoms with E-state index in [4.69, 9.17) is 9.72 Å². The molecule has 3 rings (SSSR count). The Labute approximate surface area is 128 Å². The summed E-state index contributed by atoms with van der Waals surface area (Å²) in [5.41, 5.74) is 1.86. The van der Waals surface area contributed by atoms with Gasteiger partial charge in [-0.15, -0.1) is 11.3 Å². The molecular weight excluding hydrogens is 282 g/mol. The second-order valence-corrected chi connectivity index (χ2v) is 5.58. The summed E-state index contributed by atoms with van der Waals surface area (Å²) in [7, 11) is 0. The van der Waals surface area contributed by atoms with Crippen LogP contribution in [0.3, 0.4) is 0 Å². The van der Waals surface area contributed by atoms with Gasteiger partial charge in [0.05, 0.1) is 23.4 Å². The number of hydrogen-bond acceptors (Lipinski definition) is 5. The fraction of sp³-hybridized carbons (Fsp3) is 0.250. The predicted molar refractivity (Wildman–Crippen MR) is 88.8 cm³/mol. The van der Waals surface area contributed by atoms with Crippen molar-refractivity contribution in [1.82, 2.24) is 9.97 Å². The molecule has 0 unspecified atom stereocenters. The Balaban J connectivity index is 2.13. The van der Waals surface area contributed by atoms with Gasteiger partial charge in [-0.05, 0) is 11.4 Å². The highest BCUT2D eigenvalue weighted by atomic mass is 32.1. The molecule has 0 aromatic carbocycles. The van der Waals surface area contributed by atoms with Crippen LogP contribution in [-0.2, 0) is 4.74 Å². The zero-order chi connectivity index (χ0) is 14.7. The summed E-state index contributed by atoms with van der Waals surface area (Å²) in [4.78, 5) is 11.7. The number of aromatic nitrogens is 2. The van der Waals surface area contributed by atoms with Gasteiger partial charge in [0.15, 0.2) is 11.6 Å². The molecule has 108 valence electrons. The number of fused-ring (bicyclic) bond motifs is 1. The third kappa shape index (κ3) is 2.75.